The van der Waals surface area contributed by atoms with E-state index >= 15 is 0 Å². The summed E-state index contributed by atoms with van der Waals surface area (Å²) in [5.74, 6) is -1.42. The van der Waals surface area contributed by atoms with Gasteiger partial charge >= 0.3 is 0 Å². The van der Waals surface area contributed by atoms with Crippen molar-refractivity contribution >= 4 is 11.7 Å². The fraction of sp³-hybridized carbons (Fsp3) is 0.364. The van der Waals surface area contributed by atoms with Crippen LogP contribution in [0.15, 0.2) is 54.6 Å². The summed E-state index contributed by atoms with van der Waals surface area (Å²) in [6.07, 6.45) is 0. The molecule has 1 N–H and O–H groups in total. The number of carbonyl (C=O) groups excluding carboxylic acids is 2. The molecule has 0 bridgehead atoms. The normalized spacial score (nSPS) is 20.0. The molecule has 1 aliphatic rings. The molecule has 3 rings (SSSR count). The van der Waals surface area contributed by atoms with E-state index in [2.05, 4.69) is 10.2 Å². The fourth-order valence-electron chi connectivity index (χ4n) is 3.61. The first kappa shape index (κ1) is 19.2. The highest BCUT2D eigenvalue weighted by Gasteiger charge is 2.41. The number of Topliss-reactive ketones (excluding diaryl/α,β-unsaturated/α-hetero) is 1. The predicted octanol–water partition coefficient (Wildman–Crippen LogP) is 3.28. The van der Waals surface area contributed by atoms with Crippen LogP contribution in [0.2, 0.25) is 0 Å². The molecule has 1 heterocycles. The van der Waals surface area contributed by atoms with Gasteiger partial charge in [-0.1, -0.05) is 30.3 Å². The molecule has 0 radical (unpaired) electrons. The first-order valence-electron chi connectivity index (χ1n) is 9.30. The molecule has 1 amide bonds. The Morgan fingerprint density at radius 1 is 1.04 bits per heavy atom. The SMILES string of the molecule is CC(C)NC(=O)[C@@H]1CN(Cc2ccccc2)C[C@H]1C(=O)c1ccc(F)cc1. The second kappa shape index (κ2) is 8.44. The van der Waals surface area contributed by atoms with Crippen molar-refractivity contribution in [1.82, 2.24) is 10.2 Å². The summed E-state index contributed by atoms with van der Waals surface area (Å²) >= 11 is 0. The zero-order valence-corrected chi connectivity index (χ0v) is 15.7. The molecule has 0 aliphatic carbocycles. The molecule has 142 valence electrons. The lowest BCUT2D eigenvalue weighted by Gasteiger charge is -2.18. The number of rotatable bonds is 6. The van der Waals surface area contributed by atoms with Crippen LogP contribution in [-0.2, 0) is 11.3 Å². The van der Waals surface area contributed by atoms with E-state index in [1.165, 1.54) is 24.3 Å². The van der Waals surface area contributed by atoms with Crippen molar-refractivity contribution in [2.45, 2.75) is 26.4 Å². The van der Waals surface area contributed by atoms with Crippen LogP contribution in [0.1, 0.15) is 29.8 Å². The van der Waals surface area contributed by atoms with E-state index in [4.69, 9.17) is 0 Å². The van der Waals surface area contributed by atoms with E-state index in [1.807, 2.05) is 44.2 Å². The molecule has 1 saturated heterocycles. The van der Waals surface area contributed by atoms with E-state index < -0.39 is 11.8 Å². The van der Waals surface area contributed by atoms with Crippen LogP contribution < -0.4 is 5.32 Å². The maximum Gasteiger partial charge on any atom is 0.225 e. The van der Waals surface area contributed by atoms with Crippen molar-refractivity contribution in [2.24, 2.45) is 11.8 Å². The Morgan fingerprint density at radius 3 is 2.30 bits per heavy atom. The monoisotopic (exact) mass is 368 g/mol. The summed E-state index contributed by atoms with van der Waals surface area (Å²) in [4.78, 5) is 27.9. The van der Waals surface area contributed by atoms with Gasteiger partial charge < -0.3 is 5.32 Å². The minimum absolute atomic E-state index is 0.0160. The number of ketones is 1. The highest BCUT2D eigenvalue weighted by molar-refractivity contribution is 6.01. The van der Waals surface area contributed by atoms with Crippen molar-refractivity contribution in [1.29, 1.82) is 0 Å². The molecule has 27 heavy (non-hydrogen) atoms. The largest absolute Gasteiger partial charge is 0.354 e. The van der Waals surface area contributed by atoms with E-state index in [-0.39, 0.29) is 23.5 Å². The zero-order valence-electron chi connectivity index (χ0n) is 15.7. The van der Waals surface area contributed by atoms with Crippen molar-refractivity contribution in [3.8, 4) is 0 Å². The van der Waals surface area contributed by atoms with Crippen molar-refractivity contribution in [3.05, 3.63) is 71.5 Å². The van der Waals surface area contributed by atoms with E-state index in [0.29, 0.717) is 25.2 Å². The number of nitrogens with one attached hydrogen (secondary N) is 1. The lowest BCUT2D eigenvalue weighted by molar-refractivity contribution is -0.125. The zero-order chi connectivity index (χ0) is 19.4. The molecule has 0 saturated carbocycles. The van der Waals surface area contributed by atoms with Crippen molar-refractivity contribution < 1.29 is 14.0 Å². The second-order valence-corrected chi connectivity index (χ2v) is 7.43. The third-order valence-corrected chi connectivity index (χ3v) is 4.88. The van der Waals surface area contributed by atoms with E-state index in [0.717, 1.165) is 5.56 Å². The van der Waals surface area contributed by atoms with E-state index in [9.17, 15) is 14.0 Å². The highest BCUT2D eigenvalue weighted by atomic mass is 19.1. The number of amides is 1. The van der Waals surface area contributed by atoms with Gasteiger partial charge in [0.15, 0.2) is 5.78 Å². The molecule has 1 aliphatic heterocycles. The molecule has 4 nitrogen and oxygen atoms in total. The quantitative estimate of drug-likeness (QED) is 0.796. The minimum Gasteiger partial charge on any atom is -0.354 e. The molecule has 0 spiro atoms. The Morgan fingerprint density at radius 2 is 1.67 bits per heavy atom. The van der Waals surface area contributed by atoms with Gasteiger partial charge in [0, 0.05) is 37.2 Å². The number of nitrogens with zero attached hydrogens (tertiary/aromatic N) is 1. The summed E-state index contributed by atoms with van der Waals surface area (Å²) in [5.41, 5.74) is 1.60. The Labute approximate surface area is 159 Å². The summed E-state index contributed by atoms with van der Waals surface area (Å²) in [6.45, 7) is 5.56. The number of hydrogen-bond acceptors (Lipinski definition) is 3. The van der Waals surface area contributed by atoms with Crippen LogP contribution in [0, 0.1) is 17.7 Å². The third kappa shape index (κ3) is 4.80. The number of halogens is 1. The first-order valence-corrected chi connectivity index (χ1v) is 9.30. The number of likely N-dealkylation sites (tertiary alicyclic amines) is 1. The lowest BCUT2D eigenvalue weighted by Crippen LogP contribution is -2.40. The van der Waals surface area contributed by atoms with Crippen molar-refractivity contribution in [3.63, 3.8) is 0 Å². The molecule has 2 aromatic carbocycles. The maximum absolute atomic E-state index is 13.2. The van der Waals surface area contributed by atoms with Crippen molar-refractivity contribution in [2.75, 3.05) is 13.1 Å². The molecule has 0 aromatic heterocycles. The van der Waals surface area contributed by atoms with Gasteiger partial charge in [-0.25, -0.2) is 4.39 Å². The Balaban J connectivity index is 1.80. The van der Waals surface area contributed by atoms with Gasteiger partial charge in [-0.2, -0.15) is 0 Å². The predicted molar refractivity (Wildman–Crippen MR) is 103 cm³/mol. The molecular formula is C22H25FN2O2. The smallest absolute Gasteiger partial charge is 0.225 e. The minimum atomic E-state index is -0.432. The van der Waals surface area contributed by atoms with Crippen LogP contribution in [0.3, 0.4) is 0 Å². The van der Waals surface area contributed by atoms with E-state index in [1.54, 1.807) is 0 Å². The summed E-state index contributed by atoms with van der Waals surface area (Å²) in [5, 5.41) is 2.94. The number of hydrogen-bond donors (Lipinski definition) is 1. The standard InChI is InChI=1S/C22H25FN2O2/c1-15(2)24-22(27)20-14-25(12-16-6-4-3-5-7-16)13-19(20)21(26)17-8-10-18(23)11-9-17/h3-11,15,19-20H,12-14H2,1-2H3,(H,24,27)/t19-,20-/m1/s1. The Bertz CT molecular complexity index is 790. The van der Waals surface area contributed by atoms with Gasteiger partial charge in [-0.3, -0.25) is 14.5 Å². The molecule has 0 unspecified atom stereocenters. The number of carbonyl (C=O) groups is 2. The molecule has 2 atom stereocenters. The first-order chi connectivity index (χ1) is 12.9. The highest BCUT2D eigenvalue weighted by Crippen LogP contribution is 2.28. The third-order valence-electron chi connectivity index (χ3n) is 4.88. The second-order valence-electron chi connectivity index (χ2n) is 7.43. The average molecular weight is 368 g/mol. The van der Waals surface area contributed by atoms with Gasteiger partial charge in [0.2, 0.25) is 5.91 Å². The molecule has 1 fully saturated rings. The fourth-order valence-corrected chi connectivity index (χ4v) is 3.61. The molecular weight excluding hydrogens is 343 g/mol. The average Bonchev–Trinajstić information content (AvgIpc) is 3.06. The van der Waals surface area contributed by atoms with Gasteiger partial charge in [0.1, 0.15) is 5.82 Å². The number of benzene rings is 2. The van der Waals surface area contributed by atoms with Gasteiger partial charge in [0.05, 0.1) is 5.92 Å². The summed E-state index contributed by atoms with van der Waals surface area (Å²) in [7, 11) is 0. The van der Waals surface area contributed by atoms with Crippen LogP contribution in [-0.4, -0.2) is 35.7 Å². The van der Waals surface area contributed by atoms with Crippen LogP contribution in [0.25, 0.3) is 0 Å². The lowest BCUT2D eigenvalue weighted by atomic mass is 9.87. The van der Waals surface area contributed by atoms with Crippen LogP contribution in [0.5, 0.6) is 0 Å². The summed E-state index contributed by atoms with van der Waals surface area (Å²) < 4.78 is 13.2. The van der Waals surface area contributed by atoms with Gasteiger partial charge in [-0.15, -0.1) is 0 Å². The topological polar surface area (TPSA) is 49.4 Å². The van der Waals surface area contributed by atoms with Crippen LogP contribution in [0.4, 0.5) is 4.39 Å². The van der Waals surface area contributed by atoms with Crippen LogP contribution >= 0.6 is 0 Å². The Hall–Kier alpha value is -2.53. The van der Waals surface area contributed by atoms with Gasteiger partial charge in [0.25, 0.3) is 0 Å². The molecule has 5 heteroatoms. The Kier molecular flexibility index (Phi) is 6.01. The molecule has 2 aromatic rings. The summed E-state index contributed by atoms with van der Waals surface area (Å²) in [6, 6.07) is 15.6. The van der Waals surface area contributed by atoms with Gasteiger partial charge in [-0.05, 0) is 43.7 Å². The maximum atomic E-state index is 13.2.